The van der Waals surface area contributed by atoms with E-state index in [0.717, 1.165) is 32.1 Å². The van der Waals surface area contributed by atoms with Crippen LogP contribution in [-0.4, -0.2) is 23.7 Å². The van der Waals surface area contributed by atoms with Crippen LogP contribution in [-0.2, 0) is 14.3 Å². The van der Waals surface area contributed by atoms with E-state index in [1.165, 1.54) is 0 Å². The van der Waals surface area contributed by atoms with Crippen LogP contribution in [0.1, 0.15) is 58.8 Å². The molecule has 0 aromatic heterocycles. The van der Waals surface area contributed by atoms with Gasteiger partial charge in [0.05, 0.1) is 6.61 Å². The average Bonchev–Trinajstić information content (AvgIpc) is 2.36. The zero-order valence-electron chi connectivity index (χ0n) is 11.4. The van der Waals surface area contributed by atoms with Crippen molar-refractivity contribution in [2.75, 3.05) is 6.61 Å². The number of aliphatic carboxylic acids is 1. The fourth-order valence-corrected chi connectivity index (χ4v) is 3.09. The Morgan fingerprint density at radius 1 is 1.22 bits per heavy atom. The molecule has 4 nitrogen and oxygen atoms in total. The normalized spacial score (nSPS) is 20.1. The van der Waals surface area contributed by atoms with Gasteiger partial charge in [0.15, 0.2) is 5.41 Å². The van der Waals surface area contributed by atoms with Crippen LogP contribution in [0.25, 0.3) is 0 Å². The average molecular weight is 256 g/mol. The summed E-state index contributed by atoms with van der Waals surface area (Å²) >= 11 is 0. The van der Waals surface area contributed by atoms with Gasteiger partial charge in [0.2, 0.25) is 0 Å². The summed E-state index contributed by atoms with van der Waals surface area (Å²) in [5, 5.41) is 9.60. The van der Waals surface area contributed by atoms with E-state index in [1.54, 1.807) is 6.92 Å². The Hall–Kier alpha value is -1.06. The number of hydrogen-bond donors (Lipinski definition) is 1. The van der Waals surface area contributed by atoms with Crippen molar-refractivity contribution >= 4 is 11.9 Å². The van der Waals surface area contributed by atoms with Gasteiger partial charge in [-0.1, -0.05) is 32.6 Å². The van der Waals surface area contributed by atoms with Crippen molar-refractivity contribution in [1.82, 2.24) is 0 Å². The third-order valence-electron chi connectivity index (χ3n) is 3.97. The predicted molar refractivity (Wildman–Crippen MR) is 68.2 cm³/mol. The van der Waals surface area contributed by atoms with Crippen molar-refractivity contribution in [3.05, 3.63) is 0 Å². The summed E-state index contributed by atoms with van der Waals surface area (Å²) in [7, 11) is 0. The molecule has 1 rings (SSSR count). The van der Waals surface area contributed by atoms with Gasteiger partial charge in [-0.05, 0) is 32.1 Å². The lowest BCUT2D eigenvalue weighted by Gasteiger charge is -2.37. The molecule has 18 heavy (non-hydrogen) atoms. The van der Waals surface area contributed by atoms with Gasteiger partial charge in [-0.3, -0.25) is 9.59 Å². The molecule has 1 fully saturated rings. The minimum atomic E-state index is -1.31. The number of carbonyl (C=O) groups excluding carboxylic acids is 1. The molecule has 1 unspecified atom stereocenters. The summed E-state index contributed by atoms with van der Waals surface area (Å²) in [6.07, 6.45) is 5.89. The predicted octanol–water partition coefficient (Wildman–Crippen LogP) is 3.00. The van der Waals surface area contributed by atoms with Crippen LogP contribution < -0.4 is 0 Å². The molecule has 0 heterocycles. The zero-order valence-corrected chi connectivity index (χ0v) is 11.4. The lowest BCUT2D eigenvalue weighted by Crippen LogP contribution is -2.47. The first kappa shape index (κ1) is 15.0. The molecule has 0 saturated heterocycles. The van der Waals surface area contributed by atoms with Crippen molar-refractivity contribution in [2.24, 2.45) is 11.3 Å². The Kier molecular flexibility index (Phi) is 5.63. The molecule has 1 aliphatic carbocycles. The van der Waals surface area contributed by atoms with Crippen molar-refractivity contribution in [3.63, 3.8) is 0 Å². The largest absolute Gasteiger partial charge is 0.480 e. The zero-order chi connectivity index (χ0) is 13.6. The number of carbonyl (C=O) groups is 2. The Morgan fingerprint density at radius 2 is 1.83 bits per heavy atom. The second-order valence-corrected chi connectivity index (χ2v) is 5.08. The molecule has 104 valence electrons. The van der Waals surface area contributed by atoms with E-state index in [0.29, 0.717) is 12.8 Å². The Bertz CT molecular complexity index is 294. The van der Waals surface area contributed by atoms with Gasteiger partial charge in [-0.2, -0.15) is 0 Å². The summed E-state index contributed by atoms with van der Waals surface area (Å²) in [4.78, 5) is 23.9. The van der Waals surface area contributed by atoms with Gasteiger partial charge in [0, 0.05) is 0 Å². The highest BCUT2D eigenvalue weighted by Gasteiger charge is 2.52. The molecule has 1 aliphatic rings. The molecule has 1 atom stereocenters. The molecule has 1 N–H and O–H groups in total. The molecule has 1 saturated carbocycles. The molecular formula is C14H24O4. The van der Waals surface area contributed by atoms with E-state index in [4.69, 9.17) is 4.74 Å². The van der Waals surface area contributed by atoms with Gasteiger partial charge in [-0.25, -0.2) is 0 Å². The van der Waals surface area contributed by atoms with Gasteiger partial charge < -0.3 is 9.84 Å². The van der Waals surface area contributed by atoms with Crippen LogP contribution in [0.3, 0.4) is 0 Å². The number of esters is 1. The number of carboxylic acid groups (broad SMARTS) is 1. The van der Waals surface area contributed by atoms with Crippen molar-refractivity contribution in [1.29, 1.82) is 0 Å². The Morgan fingerprint density at radius 3 is 2.28 bits per heavy atom. The number of ether oxygens (including phenoxy) is 1. The SMILES string of the molecule is CCCC(C(=O)O)(C(=O)OCC)C1CCCCC1. The molecule has 0 aromatic carbocycles. The number of hydrogen-bond acceptors (Lipinski definition) is 3. The second kappa shape index (κ2) is 6.76. The first-order chi connectivity index (χ1) is 8.59. The fourth-order valence-electron chi connectivity index (χ4n) is 3.09. The maximum Gasteiger partial charge on any atom is 0.323 e. The van der Waals surface area contributed by atoms with Crippen molar-refractivity contribution in [2.45, 2.75) is 58.8 Å². The lowest BCUT2D eigenvalue weighted by molar-refractivity contribution is -0.175. The summed E-state index contributed by atoms with van der Waals surface area (Å²) in [5.41, 5.74) is -1.31. The smallest absolute Gasteiger partial charge is 0.323 e. The maximum atomic E-state index is 12.2. The van der Waals surface area contributed by atoms with E-state index < -0.39 is 17.4 Å². The lowest BCUT2D eigenvalue weighted by atomic mass is 9.66. The van der Waals surface area contributed by atoms with Gasteiger partial charge in [0.25, 0.3) is 0 Å². The topological polar surface area (TPSA) is 63.6 Å². The Labute approximate surface area is 109 Å². The second-order valence-electron chi connectivity index (χ2n) is 5.08. The molecule has 0 amide bonds. The summed E-state index contributed by atoms with van der Waals surface area (Å²) < 4.78 is 5.05. The van der Waals surface area contributed by atoms with Gasteiger partial charge in [0.1, 0.15) is 0 Å². The van der Waals surface area contributed by atoms with Crippen LogP contribution in [0, 0.1) is 11.3 Å². The highest BCUT2D eigenvalue weighted by Crippen LogP contribution is 2.43. The summed E-state index contributed by atoms with van der Waals surface area (Å²) in [6, 6.07) is 0. The van der Waals surface area contributed by atoms with E-state index in [2.05, 4.69) is 0 Å². The highest BCUT2D eigenvalue weighted by atomic mass is 16.5. The van der Waals surface area contributed by atoms with E-state index in [9.17, 15) is 14.7 Å². The van der Waals surface area contributed by atoms with Crippen LogP contribution in [0.4, 0.5) is 0 Å². The molecular weight excluding hydrogens is 232 g/mol. The minimum Gasteiger partial charge on any atom is -0.480 e. The van der Waals surface area contributed by atoms with Crippen molar-refractivity contribution < 1.29 is 19.4 Å². The first-order valence-electron chi connectivity index (χ1n) is 7.00. The molecule has 0 spiro atoms. The third kappa shape index (κ3) is 2.85. The summed E-state index contributed by atoms with van der Waals surface area (Å²) in [5.74, 6) is -1.61. The molecule has 0 aliphatic heterocycles. The van der Waals surface area contributed by atoms with Crippen LogP contribution in [0.15, 0.2) is 0 Å². The van der Waals surface area contributed by atoms with Crippen LogP contribution >= 0.6 is 0 Å². The summed E-state index contributed by atoms with van der Waals surface area (Å²) in [6.45, 7) is 3.88. The molecule has 0 bridgehead atoms. The first-order valence-corrected chi connectivity index (χ1v) is 7.00. The van der Waals surface area contributed by atoms with Crippen LogP contribution in [0.5, 0.6) is 0 Å². The number of rotatable bonds is 6. The Balaban J connectivity index is 3.02. The van der Waals surface area contributed by atoms with Gasteiger partial charge in [-0.15, -0.1) is 0 Å². The van der Waals surface area contributed by atoms with E-state index in [-0.39, 0.29) is 12.5 Å². The monoisotopic (exact) mass is 256 g/mol. The van der Waals surface area contributed by atoms with Gasteiger partial charge >= 0.3 is 11.9 Å². The molecule has 0 radical (unpaired) electrons. The van der Waals surface area contributed by atoms with E-state index in [1.807, 2.05) is 6.92 Å². The minimum absolute atomic E-state index is 0.0669. The number of carboxylic acids is 1. The maximum absolute atomic E-state index is 12.2. The van der Waals surface area contributed by atoms with Crippen LogP contribution in [0.2, 0.25) is 0 Å². The third-order valence-corrected chi connectivity index (χ3v) is 3.97. The fraction of sp³-hybridized carbons (Fsp3) is 0.857. The molecule has 0 aromatic rings. The van der Waals surface area contributed by atoms with Crippen molar-refractivity contribution in [3.8, 4) is 0 Å². The van der Waals surface area contributed by atoms with E-state index >= 15 is 0 Å². The highest BCUT2D eigenvalue weighted by molar-refractivity contribution is 5.99. The quantitative estimate of drug-likeness (QED) is 0.586. The standard InChI is InChI=1S/C14H24O4/c1-3-10-14(12(15)16,13(17)18-4-2)11-8-6-5-7-9-11/h11H,3-10H2,1-2H3,(H,15,16). The molecule has 4 heteroatoms.